The van der Waals surface area contributed by atoms with E-state index < -0.39 is 0 Å². The zero-order valence-corrected chi connectivity index (χ0v) is 16.3. The second-order valence-corrected chi connectivity index (χ2v) is 7.60. The van der Waals surface area contributed by atoms with Crippen molar-refractivity contribution in [3.05, 3.63) is 58.8 Å². The number of Topliss-reactive ketones (excluding diaryl/α,β-unsaturated/α-hetero) is 1. The molecular formula is C23H25NO4. The number of piperidine rings is 1. The number of ether oxygens (including phenoxy) is 2. The number of benzene rings is 2. The summed E-state index contributed by atoms with van der Waals surface area (Å²) in [5, 5.41) is 10.5. The highest BCUT2D eigenvalue weighted by molar-refractivity contribution is 6.15. The van der Waals surface area contributed by atoms with E-state index in [1.54, 1.807) is 25.3 Å². The van der Waals surface area contributed by atoms with E-state index in [1.807, 2.05) is 24.3 Å². The first-order chi connectivity index (χ1) is 13.6. The molecule has 0 spiro atoms. The van der Waals surface area contributed by atoms with Gasteiger partial charge in [-0.3, -0.25) is 9.69 Å². The van der Waals surface area contributed by atoms with Crippen molar-refractivity contribution in [2.45, 2.75) is 26.3 Å². The van der Waals surface area contributed by atoms with Crippen molar-refractivity contribution < 1.29 is 19.4 Å². The first-order valence-corrected chi connectivity index (χ1v) is 9.71. The predicted molar refractivity (Wildman–Crippen MR) is 108 cm³/mol. The molecule has 146 valence electrons. The number of phenols is 1. The number of rotatable bonds is 4. The Morgan fingerprint density at radius 1 is 1.29 bits per heavy atom. The summed E-state index contributed by atoms with van der Waals surface area (Å²) in [5.74, 6) is 2.03. The Bertz CT molecular complexity index is 934. The number of para-hydroxylation sites is 1. The summed E-state index contributed by atoms with van der Waals surface area (Å²) in [5.41, 5.74) is 1.96. The molecule has 1 saturated heterocycles. The summed E-state index contributed by atoms with van der Waals surface area (Å²) in [7, 11) is 1.60. The molecule has 0 radical (unpaired) electrons. The molecule has 5 heteroatoms. The zero-order valence-electron chi connectivity index (χ0n) is 16.3. The van der Waals surface area contributed by atoms with Crippen molar-refractivity contribution in [3.8, 4) is 17.2 Å². The van der Waals surface area contributed by atoms with Crippen LogP contribution in [0.25, 0.3) is 6.08 Å². The summed E-state index contributed by atoms with van der Waals surface area (Å²) in [4.78, 5) is 15.2. The Balaban J connectivity index is 1.66. The SMILES string of the molecule is COc1ccccc1/C=C1\Oc2c(ccc(O)c2CN2CCC[C@H](C)C2)C1=O. The maximum absolute atomic E-state index is 12.9. The lowest BCUT2D eigenvalue weighted by Crippen LogP contribution is -2.33. The topological polar surface area (TPSA) is 59.0 Å². The number of nitrogens with zero attached hydrogens (tertiary/aromatic N) is 1. The lowest BCUT2D eigenvalue weighted by Gasteiger charge is -2.31. The monoisotopic (exact) mass is 379 g/mol. The molecule has 28 heavy (non-hydrogen) atoms. The lowest BCUT2D eigenvalue weighted by atomic mass is 9.99. The van der Waals surface area contributed by atoms with Crippen LogP contribution >= 0.6 is 0 Å². The fourth-order valence-electron chi connectivity index (χ4n) is 4.03. The molecule has 5 nitrogen and oxygen atoms in total. The minimum absolute atomic E-state index is 0.170. The van der Waals surface area contributed by atoms with Gasteiger partial charge in [-0.1, -0.05) is 25.1 Å². The smallest absolute Gasteiger partial charge is 0.231 e. The molecule has 2 heterocycles. The van der Waals surface area contributed by atoms with Gasteiger partial charge in [-0.2, -0.15) is 0 Å². The molecule has 2 aliphatic rings. The average molecular weight is 379 g/mol. The Labute approximate surface area is 165 Å². The van der Waals surface area contributed by atoms with E-state index in [4.69, 9.17) is 9.47 Å². The Morgan fingerprint density at radius 3 is 2.89 bits per heavy atom. The highest BCUT2D eigenvalue weighted by atomic mass is 16.5. The second kappa shape index (κ2) is 7.68. The summed E-state index contributed by atoms with van der Waals surface area (Å²) in [6, 6.07) is 10.7. The summed E-state index contributed by atoms with van der Waals surface area (Å²) < 4.78 is 11.3. The van der Waals surface area contributed by atoms with Gasteiger partial charge >= 0.3 is 0 Å². The maximum atomic E-state index is 12.9. The van der Waals surface area contributed by atoms with Crippen molar-refractivity contribution in [3.63, 3.8) is 0 Å². The van der Waals surface area contributed by atoms with Crippen LogP contribution in [0.1, 0.15) is 41.3 Å². The van der Waals surface area contributed by atoms with E-state index in [9.17, 15) is 9.90 Å². The number of carbonyl (C=O) groups is 1. The van der Waals surface area contributed by atoms with E-state index in [1.165, 1.54) is 6.42 Å². The Hall–Kier alpha value is -2.79. The molecule has 1 fully saturated rings. The summed E-state index contributed by atoms with van der Waals surface area (Å²) in [6.07, 6.45) is 4.08. The van der Waals surface area contributed by atoms with E-state index in [2.05, 4.69) is 11.8 Å². The number of hydrogen-bond donors (Lipinski definition) is 1. The van der Waals surface area contributed by atoms with Gasteiger partial charge in [-0.15, -0.1) is 0 Å². The number of aromatic hydroxyl groups is 1. The van der Waals surface area contributed by atoms with Gasteiger partial charge < -0.3 is 14.6 Å². The normalized spacial score (nSPS) is 20.9. The van der Waals surface area contributed by atoms with Gasteiger partial charge in [-0.05, 0) is 49.6 Å². The fraction of sp³-hybridized carbons (Fsp3) is 0.348. The van der Waals surface area contributed by atoms with Crippen LogP contribution < -0.4 is 9.47 Å². The molecule has 1 atom stereocenters. The molecule has 1 N–H and O–H groups in total. The van der Waals surface area contributed by atoms with Crippen LogP contribution in [0.5, 0.6) is 17.2 Å². The molecule has 0 saturated carbocycles. The quantitative estimate of drug-likeness (QED) is 0.805. The number of ketones is 1. The molecule has 2 aromatic rings. The molecule has 0 unspecified atom stereocenters. The second-order valence-electron chi connectivity index (χ2n) is 7.60. The van der Waals surface area contributed by atoms with Crippen LogP contribution in [0.3, 0.4) is 0 Å². The third-order valence-corrected chi connectivity index (χ3v) is 5.46. The zero-order chi connectivity index (χ0) is 19.7. The number of methoxy groups -OCH3 is 1. The van der Waals surface area contributed by atoms with Gasteiger partial charge in [0.2, 0.25) is 5.78 Å². The van der Waals surface area contributed by atoms with E-state index >= 15 is 0 Å². The third-order valence-electron chi connectivity index (χ3n) is 5.46. The number of phenolic OH excluding ortho intramolecular Hbond substituents is 1. The first-order valence-electron chi connectivity index (χ1n) is 9.71. The van der Waals surface area contributed by atoms with Crippen molar-refractivity contribution in [1.29, 1.82) is 0 Å². The summed E-state index contributed by atoms with van der Waals surface area (Å²) in [6.45, 7) is 4.80. The van der Waals surface area contributed by atoms with Gasteiger partial charge in [0.05, 0.1) is 18.2 Å². The van der Waals surface area contributed by atoms with Crippen molar-refractivity contribution in [2.24, 2.45) is 5.92 Å². The van der Waals surface area contributed by atoms with E-state index in [0.717, 1.165) is 25.1 Å². The van der Waals surface area contributed by atoms with Gasteiger partial charge in [-0.25, -0.2) is 0 Å². The van der Waals surface area contributed by atoms with E-state index in [-0.39, 0.29) is 17.3 Å². The maximum Gasteiger partial charge on any atom is 0.231 e. The molecule has 4 rings (SSSR count). The summed E-state index contributed by atoms with van der Waals surface area (Å²) >= 11 is 0. The van der Waals surface area contributed by atoms with Crippen LogP contribution in [-0.2, 0) is 6.54 Å². The number of allylic oxidation sites excluding steroid dienone is 1. The Kier molecular flexibility index (Phi) is 5.09. The van der Waals surface area contributed by atoms with Gasteiger partial charge in [0.15, 0.2) is 5.76 Å². The van der Waals surface area contributed by atoms with Crippen molar-refractivity contribution >= 4 is 11.9 Å². The number of fused-ring (bicyclic) bond motifs is 1. The molecule has 0 amide bonds. The van der Waals surface area contributed by atoms with Crippen LogP contribution in [-0.4, -0.2) is 36.0 Å². The van der Waals surface area contributed by atoms with E-state index in [0.29, 0.717) is 35.1 Å². The molecule has 0 bridgehead atoms. The average Bonchev–Trinajstić information content (AvgIpc) is 3.00. The highest BCUT2D eigenvalue weighted by Gasteiger charge is 2.32. The van der Waals surface area contributed by atoms with Gasteiger partial charge in [0.25, 0.3) is 0 Å². The van der Waals surface area contributed by atoms with Crippen molar-refractivity contribution in [2.75, 3.05) is 20.2 Å². The van der Waals surface area contributed by atoms with Crippen LogP contribution in [0, 0.1) is 5.92 Å². The number of hydrogen-bond acceptors (Lipinski definition) is 5. The molecule has 0 aromatic heterocycles. The molecular weight excluding hydrogens is 354 g/mol. The predicted octanol–water partition coefficient (Wildman–Crippen LogP) is 4.25. The molecule has 2 aromatic carbocycles. The van der Waals surface area contributed by atoms with Crippen LogP contribution in [0.15, 0.2) is 42.2 Å². The molecule has 0 aliphatic carbocycles. The van der Waals surface area contributed by atoms with Crippen LogP contribution in [0.4, 0.5) is 0 Å². The minimum Gasteiger partial charge on any atom is -0.507 e. The number of carbonyl (C=O) groups excluding carboxylic acids is 1. The highest BCUT2D eigenvalue weighted by Crippen LogP contribution is 2.41. The van der Waals surface area contributed by atoms with Crippen LogP contribution in [0.2, 0.25) is 0 Å². The van der Waals surface area contributed by atoms with Gasteiger partial charge in [0.1, 0.15) is 17.2 Å². The van der Waals surface area contributed by atoms with Crippen molar-refractivity contribution in [1.82, 2.24) is 4.90 Å². The minimum atomic E-state index is -0.172. The van der Waals surface area contributed by atoms with Gasteiger partial charge in [0, 0.05) is 18.7 Å². The third kappa shape index (κ3) is 3.50. The largest absolute Gasteiger partial charge is 0.507 e. The molecule has 2 aliphatic heterocycles. The number of likely N-dealkylation sites (tertiary alicyclic amines) is 1. The lowest BCUT2D eigenvalue weighted by molar-refractivity contribution is 0.101. The standard InChI is InChI=1S/C23H25NO4/c1-15-6-5-11-24(13-15)14-18-19(25)10-9-17-22(26)21(28-23(17)18)12-16-7-3-4-8-20(16)27-2/h3-4,7-10,12,15,25H,5-6,11,13-14H2,1-2H3/b21-12-/t15-/m0/s1. The first kappa shape index (κ1) is 18.6. The Morgan fingerprint density at radius 2 is 2.11 bits per heavy atom. The fourth-order valence-corrected chi connectivity index (χ4v) is 4.03.